The van der Waals surface area contributed by atoms with Crippen molar-refractivity contribution in [2.75, 3.05) is 13.6 Å². The quantitative estimate of drug-likeness (QED) is 0.923. The van der Waals surface area contributed by atoms with E-state index in [9.17, 15) is 0 Å². The van der Waals surface area contributed by atoms with Crippen LogP contribution in [0.2, 0.25) is 0 Å². The van der Waals surface area contributed by atoms with Crippen LogP contribution in [-0.4, -0.2) is 29.5 Å². The molecule has 19 heavy (non-hydrogen) atoms. The van der Waals surface area contributed by atoms with Crippen molar-refractivity contribution < 1.29 is 0 Å². The standard InChI is InChI=1S/C15H24BrN3/c1-11-4-3-5-14(6-11)19(2)15(8-17)12-7-13(16)10-18-9-12/h7,9-11,14-15H,3-6,8,17H2,1-2H3. The molecule has 0 bridgehead atoms. The third-order valence-corrected chi connectivity index (χ3v) is 4.74. The maximum absolute atomic E-state index is 6.01. The van der Waals surface area contributed by atoms with Crippen molar-refractivity contribution >= 4 is 15.9 Å². The van der Waals surface area contributed by atoms with Gasteiger partial charge in [-0.1, -0.05) is 19.8 Å². The van der Waals surface area contributed by atoms with Crippen molar-refractivity contribution in [2.45, 2.75) is 44.7 Å². The minimum absolute atomic E-state index is 0.264. The zero-order valence-corrected chi connectivity index (χ0v) is 13.4. The van der Waals surface area contributed by atoms with Crippen molar-refractivity contribution in [3.8, 4) is 0 Å². The third kappa shape index (κ3) is 3.77. The highest BCUT2D eigenvalue weighted by molar-refractivity contribution is 9.10. The minimum atomic E-state index is 0.264. The van der Waals surface area contributed by atoms with Gasteiger partial charge in [0.1, 0.15) is 0 Å². The Bertz CT molecular complexity index is 410. The van der Waals surface area contributed by atoms with Gasteiger partial charge in [-0.05, 0) is 53.4 Å². The van der Waals surface area contributed by atoms with Crippen LogP contribution in [0, 0.1) is 5.92 Å². The smallest absolute Gasteiger partial charge is 0.0485 e. The molecule has 0 spiro atoms. The van der Waals surface area contributed by atoms with Crippen molar-refractivity contribution in [3.05, 3.63) is 28.5 Å². The second kappa shape index (κ2) is 6.82. The maximum Gasteiger partial charge on any atom is 0.0485 e. The molecule has 0 radical (unpaired) electrons. The molecule has 1 saturated carbocycles. The van der Waals surface area contributed by atoms with Crippen LogP contribution in [-0.2, 0) is 0 Å². The van der Waals surface area contributed by atoms with E-state index in [1.54, 1.807) is 0 Å². The van der Waals surface area contributed by atoms with Gasteiger partial charge in [-0.2, -0.15) is 0 Å². The Morgan fingerprint density at radius 1 is 1.47 bits per heavy atom. The van der Waals surface area contributed by atoms with Gasteiger partial charge >= 0.3 is 0 Å². The molecule has 3 atom stereocenters. The van der Waals surface area contributed by atoms with Gasteiger partial charge in [0.2, 0.25) is 0 Å². The third-order valence-electron chi connectivity index (χ3n) is 4.31. The summed E-state index contributed by atoms with van der Waals surface area (Å²) in [5.74, 6) is 0.834. The Morgan fingerprint density at radius 3 is 2.89 bits per heavy atom. The molecule has 2 rings (SSSR count). The molecule has 2 N–H and O–H groups in total. The minimum Gasteiger partial charge on any atom is -0.329 e. The maximum atomic E-state index is 6.01. The summed E-state index contributed by atoms with van der Waals surface area (Å²) in [6, 6.07) is 3.05. The molecule has 0 saturated heterocycles. The predicted octanol–water partition coefficient (Wildman–Crippen LogP) is 3.35. The number of hydrogen-bond donors (Lipinski definition) is 1. The molecule has 1 fully saturated rings. The van der Waals surface area contributed by atoms with Gasteiger partial charge in [0.15, 0.2) is 0 Å². The highest BCUT2D eigenvalue weighted by Gasteiger charge is 2.27. The van der Waals surface area contributed by atoms with Crippen LogP contribution in [0.3, 0.4) is 0 Å². The normalized spacial score (nSPS) is 25.5. The molecule has 0 aromatic carbocycles. The topological polar surface area (TPSA) is 42.1 Å². The predicted molar refractivity (Wildman–Crippen MR) is 82.9 cm³/mol. The van der Waals surface area contributed by atoms with Crippen LogP contribution >= 0.6 is 15.9 Å². The van der Waals surface area contributed by atoms with Crippen LogP contribution in [0.15, 0.2) is 22.9 Å². The first-order chi connectivity index (χ1) is 9.11. The molecule has 3 nitrogen and oxygen atoms in total. The summed E-state index contributed by atoms with van der Waals surface area (Å²) in [6.07, 6.45) is 9.04. The van der Waals surface area contributed by atoms with Crippen molar-refractivity contribution in [1.29, 1.82) is 0 Å². The Morgan fingerprint density at radius 2 is 2.26 bits per heavy atom. The van der Waals surface area contributed by atoms with E-state index in [1.807, 2.05) is 12.4 Å². The molecule has 0 amide bonds. The highest BCUT2D eigenvalue weighted by Crippen LogP contribution is 2.31. The van der Waals surface area contributed by atoms with E-state index < -0.39 is 0 Å². The first-order valence-electron chi connectivity index (χ1n) is 7.14. The second-order valence-electron chi connectivity index (χ2n) is 5.78. The molecular formula is C15H24BrN3. The van der Waals surface area contributed by atoms with Gasteiger partial charge in [0, 0.05) is 35.5 Å². The van der Waals surface area contributed by atoms with E-state index in [0.717, 1.165) is 10.4 Å². The SMILES string of the molecule is CC1CCCC(N(C)C(CN)c2cncc(Br)c2)C1. The second-order valence-corrected chi connectivity index (χ2v) is 6.69. The zero-order valence-electron chi connectivity index (χ0n) is 11.8. The van der Waals surface area contributed by atoms with Gasteiger partial charge in [-0.15, -0.1) is 0 Å². The van der Waals surface area contributed by atoms with Crippen LogP contribution in [0.5, 0.6) is 0 Å². The summed E-state index contributed by atoms with van der Waals surface area (Å²) in [6.45, 7) is 3.00. The Hall–Kier alpha value is -0.450. The summed E-state index contributed by atoms with van der Waals surface area (Å²) in [5.41, 5.74) is 7.22. The first-order valence-corrected chi connectivity index (χ1v) is 7.93. The van der Waals surface area contributed by atoms with Crippen LogP contribution in [0.25, 0.3) is 0 Å². The summed E-state index contributed by atoms with van der Waals surface area (Å²) >= 11 is 3.49. The molecule has 1 aromatic heterocycles. The Kier molecular flexibility index (Phi) is 5.37. The number of rotatable bonds is 4. The van der Waals surface area contributed by atoms with E-state index >= 15 is 0 Å². The van der Waals surface area contributed by atoms with E-state index in [4.69, 9.17) is 5.73 Å². The van der Waals surface area contributed by atoms with Gasteiger partial charge < -0.3 is 5.73 Å². The average molecular weight is 326 g/mol. The fraction of sp³-hybridized carbons (Fsp3) is 0.667. The lowest BCUT2D eigenvalue weighted by Crippen LogP contribution is -2.41. The molecule has 1 aliphatic carbocycles. The molecule has 106 valence electrons. The molecule has 3 unspecified atom stereocenters. The number of likely N-dealkylation sites (N-methyl/N-ethyl adjacent to an activating group) is 1. The van der Waals surface area contributed by atoms with Crippen molar-refractivity contribution in [1.82, 2.24) is 9.88 Å². The zero-order chi connectivity index (χ0) is 13.8. The molecule has 0 aliphatic heterocycles. The van der Waals surface area contributed by atoms with Crippen molar-refractivity contribution in [2.24, 2.45) is 11.7 Å². The molecular weight excluding hydrogens is 302 g/mol. The summed E-state index contributed by atoms with van der Waals surface area (Å²) < 4.78 is 1.02. The average Bonchev–Trinajstić information content (AvgIpc) is 2.39. The highest BCUT2D eigenvalue weighted by atomic mass is 79.9. The van der Waals surface area contributed by atoms with Gasteiger partial charge in [-0.3, -0.25) is 9.88 Å². The van der Waals surface area contributed by atoms with Crippen LogP contribution in [0.4, 0.5) is 0 Å². The number of pyridine rings is 1. The molecule has 1 heterocycles. The summed E-state index contributed by atoms with van der Waals surface area (Å²) in [5, 5.41) is 0. The van der Waals surface area contributed by atoms with Crippen molar-refractivity contribution in [3.63, 3.8) is 0 Å². The largest absolute Gasteiger partial charge is 0.329 e. The van der Waals surface area contributed by atoms with Gasteiger partial charge in [-0.25, -0.2) is 0 Å². The van der Waals surface area contributed by atoms with Crippen LogP contribution in [0.1, 0.15) is 44.2 Å². The number of nitrogens with zero attached hydrogens (tertiary/aromatic N) is 2. The van der Waals surface area contributed by atoms with Gasteiger partial charge in [0.25, 0.3) is 0 Å². The summed E-state index contributed by atoms with van der Waals surface area (Å²) in [7, 11) is 2.21. The Labute approximate surface area is 124 Å². The number of aromatic nitrogens is 1. The van der Waals surface area contributed by atoms with E-state index in [0.29, 0.717) is 12.6 Å². The molecule has 1 aromatic rings. The lowest BCUT2D eigenvalue weighted by molar-refractivity contribution is 0.121. The lowest BCUT2D eigenvalue weighted by Gasteiger charge is -2.38. The number of nitrogens with two attached hydrogens (primary N) is 1. The molecule has 4 heteroatoms. The van der Waals surface area contributed by atoms with Crippen LogP contribution < -0.4 is 5.73 Å². The Balaban J connectivity index is 2.12. The fourth-order valence-electron chi connectivity index (χ4n) is 3.17. The fourth-order valence-corrected chi connectivity index (χ4v) is 3.56. The first kappa shape index (κ1) is 14.9. The van der Waals surface area contributed by atoms with Gasteiger partial charge in [0.05, 0.1) is 0 Å². The summed E-state index contributed by atoms with van der Waals surface area (Å²) in [4.78, 5) is 6.72. The molecule has 1 aliphatic rings. The van der Waals surface area contributed by atoms with E-state index in [2.05, 4.69) is 45.9 Å². The van der Waals surface area contributed by atoms with E-state index in [1.165, 1.54) is 31.2 Å². The van der Waals surface area contributed by atoms with E-state index in [-0.39, 0.29) is 6.04 Å². The monoisotopic (exact) mass is 325 g/mol. The lowest BCUT2D eigenvalue weighted by atomic mass is 9.85. The number of halogens is 1. The number of hydrogen-bond acceptors (Lipinski definition) is 3.